The van der Waals surface area contributed by atoms with Crippen molar-refractivity contribution in [1.82, 2.24) is 14.1 Å². The topological polar surface area (TPSA) is 213 Å². The summed E-state index contributed by atoms with van der Waals surface area (Å²) in [6, 6.07) is 74.6. The molecule has 0 bridgehead atoms. The number of aromatic nitrogens is 3. The number of hydrogen-bond acceptors (Lipinski definition) is 9. The smallest absolute Gasteiger partial charge is 0.309 e. The Morgan fingerprint density at radius 2 is 0.557 bits per heavy atom. The minimum absolute atomic E-state index is 0.230. The van der Waals surface area contributed by atoms with Crippen LogP contribution >= 0.6 is 0 Å². The summed E-state index contributed by atoms with van der Waals surface area (Å²) in [5, 5.41) is 82.1. The summed E-state index contributed by atoms with van der Waals surface area (Å²) in [5.41, 5.74) is 7.96. The highest BCUT2D eigenvalue weighted by molar-refractivity contribution is 6.14. The highest BCUT2D eigenvalue weighted by Gasteiger charge is 2.40. The molecule has 0 atom stereocenters. The molecular weight excluding hydrogens is 1100 g/mol. The van der Waals surface area contributed by atoms with Crippen LogP contribution in [0.5, 0.6) is 0 Å². The molecule has 0 radical (unpaired) electrons. The largest absolute Gasteiger partial charge is 0.420 e. The van der Waals surface area contributed by atoms with Crippen LogP contribution < -0.4 is 0 Å². The quantitative estimate of drug-likeness (QED) is 0.141. The highest BCUT2D eigenvalue weighted by atomic mass is 19.4. The molecule has 0 aliphatic carbocycles. The van der Waals surface area contributed by atoms with Gasteiger partial charge in [-0.25, -0.2) is 4.98 Å². The van der Waals surface area contributed by atoms with Crippen LogP contribution in [-0.4, -0.2) is 14.1 Å². The fraction of sp³-hybridized carbons (Fsp3) is 0.0135. The molecule has 0 saturated carbocycles. The van der Waals surface area contributed by atoms with Crippen molar-refractivity contribution in [2.45, 2.75) is 6.18 Å². The molecule has 0 aliphatic heterocycles. The Morgan fingerprint density at radius 1 is 0.273 bits per heavy atom. The van der Waals surface area contributed by atoms with Crippen LogP contribution in [0, 0.1) is 90.6 Å². The van der Waals surface area contributed by atoms with E-state index >= 15 is 13.2 Å². The third-order valence-corrected chi connectivity index (χ3v) is 15.6. The predicted octanol–water partition coefficient (Wildman–Crippen LogP) is 17.3. The van der Waals surface area contributed by atoms with E-state index < -0.39 is 11.7 Å². The van der Waals surface area contributed by atoms with Gasteiger partial charge in [-0.3, -0.25) is 0 Å². The van der Waals surface area contributed by atoms with Crippen LogP contribution in [-0.2, 0) is 6.18 Å². The first-order valence-electron chi connectivity index (χ1n) is 27.1. The molecule has 0 aliphatic rings. The molecule has 0 fully saturated rings. The molecule has 0 spiro atoms. The van der Waals surface area contributed by atoms with Crippen molar-refractivity contribution in [2.75, 3.05) is 0 Å². The Hall–Kier alpha value is -13.3. The van der Waals surface area contributed by atoms with Crippen molar-refractivity contribution in [3.05, 3.63) is 256 Å². The molecule has 13 rings (SSSR count). The van der Waals surface area contributed by atoms with Crippen molar-refractivity contribution >= 4 is 43.6 Å². The van der Waals surface area contributed by atoms with Crippen molar-refractivity contribution in [1.29, 1.82) is 42.1 Å². The van der Waals surface area contributed by atoms with Crippen LogP contribution in [0.3, 0.4) is 0 Å². The molecule has 14 heteroatoms. The fourth-order valence-corrected chi connectivity index (χ4v) is 11.7. The van der Waals surface area contributed by atoms with Gasteiger partial charge in [-0.05, 0) is 190 Å². The second-order valence-electron chi connectivity index (χ2n) is 20.9. The molecule has 3 aromatic heterocycles. The lowest BCUT2D eigenvalue weighted by molar-refractivity contribution is -0.137. The van der Waals surface area contributed by atoms with Gasteiger partial charge in [-0.2, -0.15) is 55.3 Å². The van der Waals surface area contributed by atoms with Gasteiger partial charge >= 0.3 is 6.18 Å². The third-order valence-electron chi connectivity index (χ3n) is 15.6. The van der Waals surface area contributed by atoms with Gasteiger partial charge in [0.25, 0.3) is 0 Å². The zero-order valence-corrected chi connectivity index (χ0v) is 45.7. The van der Waals surface area contributed by atoms with Gasteiger partial charge in [0.05, 0.1) is 138 Å². The first-order valence-corrected chi connectivity index (χ1v) is 27.1. The lowest BCUT2D eigenvalue weighted by Crippen LogP contribution is -2.16. The number of fused-ring (bicyclic) bond motifs is 6. The third kappa shape index (κ3) is 9.45. The van der Waals surface area contributed by atoms with Gasteiger partial charge in [0.15, 0.2) is 0 Å². The maximum Gasteiger partial charge on any atom is 0.420 e. The summed E-state index contributed by atoms with van der Waals surface area (Å²) < 4.78 is 55.3. The average molecular weight is 1130 g/mol. The second-order valence-corrected chi connectivity index (χ2v) is 20.9. The summed E-state index contributed by atoms with van der Waals surface area (Å²) >= 11 is 0. The van der Waals surface area contributed by atoms with Gasteiger partial charge in [-0.15, -0.1) is 0 Å². The van der Waals surface area contributed by atoms with E-state index in [0.717, 1.165) is 5.56 Å². The molecule has 10 aromatic carbocycles. The Kier molecular flexibility index (Phi) is 13.1. The average Bonchev–Trinajstić information content (AvgIpc) is 1.55. The van der Waals surface area contributed by atoms with E-state index in [4.69, 9.17) is 4.98 Å². The van der Waals surface area contributed by atoms with Crippen molar-refractivity contribution in [3.63, 3.8) is 0 Å². The number of nitrogens with zero attached hydrogens (tertiary/aromatic N) is 11. The normalized spacial score (nSPS) is 11.0. The zero-order chi connectivity index (χ0) is 61.0. The minimum atomic E-state index is -5.11. The van der Waals surface area contributed by atoms with Crippen molar-refractivity contribution in [3.8, 4) is 127 Å². The van der Waals surface area contributed by atoms with Crippen LogP contribution in [0.2, 0.25) is 0 Å². The number of benzene rings is 10. The first-order chi connectivity index (χ1) is 42.8. The molecule has 0 N–H and O–H groups in total. The highest BCUT2D eigenvalue weighted by Crippen LogP contribution is 2.48. The number of hydrogen-bond donors (Lipinski definition) is 0. The minimum Gasteiger partial charge on any atom is -0.309 e. The predicted molar refractivity (Wildman–Crippen MR) is 328 cm³/mol. The van der Waals surface area contributed by atoms with Crippen LogP contribution in [0.15, 0.2) is 206 Å². The van der Waals surface area contributed by atoms with Gasteiger partial charge in [0, 0.05) is 32.7 Å². The Balaban J connectivity index is 1.17. The summed E-state index contributed by atoms with van der Waals surface area (Å²) in [4.78, 5) is 5.11. The van der Waals surface area contributed by atoms with Gasteiger partial charge in [0.1, 0.15) is 5.56 Å². The maximum atomic E-state index is 17.4. The van der Waals surface area contributed by atoms with Crippen LogP contribution in [0.1, 0.15) is 50.1 Å². The van der Waals surface area contributed by atoms with Gasteiger partial charge in [-0.1, -0.05) is 60.7 Å². The monoisotopic (exact) mass is 1130 g/mol. The van der Waals surface area contributed by atoms with Crippen LogP contribution in [0.25, 0.3) is 122 Å². The van der Waals surface area contributed by atoms with E-state index in [1.165, 1.54) is 36.4 Å². The van der Waals surface area contributed by atoms with E-state index in [1.54, 1.807) is 118 Å². The molecular formula is C74H34F3N11. The molecule has 88 heavy (non-hydrogen) atoms. The Bertz CT molecular complexity index is 4870. The second kappa shape index (κ2) is 21.4. The maximum absolute atomic E-state index is 17.4. The molecule has 13 aromatic rings. The SMILES string of the molecule is N#Cc1cc(C#N)cc(-c2ccc3c(c2)c2cc(-c4cc(C#N)cc(C#N)c4)ccc2n3-c2cc(-c3cccc(-c4ccccc4)n3)cc(-n3c4ccc(-c5cc(C#N)cc(C#N)c5)cc4c4cc(-c5cc(C#N)cc(C#N)c5)ccc43)c2C(F)(F)F)c1. The Labute approximate surface area is 500 Å². The number of halogens is 3. The molecule has 406 valence electrons. The standard InChI is InChI=1S/C74H34F3N11/c75-74(76,77)73-71(87-67-13-9-52(56-21-43(35-78)17-44(22-56)36-79)29-61(67)62-30-53(10-14-68(62)87)57-23-45(37-80)18-46(24-57)38-81)33-60(66-8-4-7-65(86-66)51-5-2-1-3-6-51)34-72(73)88-69-15-11-54(58-25-47(39-82)19-48(26-58)40-83)31-63(69)64-32-55(12-16-70(64)88)59-27-49(41-84)20-50(28-59)42-85/h1-34H. The van der Waals surface area contributed by atoms with E-state index in [9.17, 15) is 42.1 Å². The van der Waals surface area contributed by atoms with Gasteiger partial charge < -0.3 is 9.13 Å². The molecule has 0 unspecified atom stereocenters. The van der Waals surface area contributed by atoms with E-state index in [1.807, 2.05) is 60.7 Å². The summed E-state index contributed by atoms with van der Waals surface area (Å²) in [7, 11) is 0. The molecule has 0 amide bonds. The van der Waals surface area contributed by atoms with Crippen LogP contribution in [0.4, 0.5) is 13.2 Å². The molecule has 11 nitrogen and oxygen atoms in total. The number of pyridine rings is 1. The number of nitriles is 8. The summed E-state index contributed by atoms with van der Waals surface area (Å²) in [6.07, 6.45) is -5.11. The summed E-state index contributed by atoms with van der Waals surface area (Å²) in [5.74, 6) is 0. The van der Waals surface area contributed by atoms with Crippen molar-refractivity contribution in [2.24, 2.45) is 0 Å². The molecule has 3 heterocycles. The Morgan fingerprint density at radius 3 is 0.830 bits per heavy atom. The van der Waals surface area contributed by atoms with E-state index in [0.29, 0.717) is 105 Å². The number of alkyl halides is 3. The number of rotatable bonds is 8. The fourth-order valence-electron chi connectivity index (χ4n) is 11.7. The first kappa shape index (κ1) is 53.9. The lowest BCUT2D eigenvalue weighted by Gasteiger charge is -2.23. The summed E-state index contributed by atoms with van der Waals surface area (Å²) in [6.45, 7) is 0. The van der Waals surface area contributed by atoms with Gasteiger partial charge in [0.2, 0.25) is 0 Å². The van der Waals surface area contributed by atoms with Crippen molar-refractivity contribution < 1.29 is 13.2 Å². The molecule has 0 saturated heterocycles. The lowest BCUT2D eigenvalue weighted by atomic mass is 9.97. The van der Waals surface area contributed by atoms with E-state index in [2.05, 4.69) is 48.6 Å². The van der Waals surface area contributed by atoms with E-state index in [-0.39, 0.29) is 55.9 Å². The zero-order valence-electron chi connectivity index (χ0n) is 45.7.